The molecule has 0 saturated carbocycles. The SMILES string of the molecule is C=C(C)OCCCCCN(CCO)CCCCCCCC(=O)OC(CCCCCCCC)CCCCCCCC.CCCCCCCCC(C)CCC. The Labute approximate surface area is 333 Å². The van der Waals surface area contributed by atoms with Crippen LogP contribution in [0.1, 0.15) is 247 Å². The minimum absolute atomic E-state index is 0.0183. The molecule has 0 aliphatic heterocycles. The van der Waals surface area contributed by atoms with Gasteiger partial charge in [-0.1, -0.05) is 182 Å². The highest BCUT2D eigenvalue weighted by molar-refractivity contribution is 5.69. The molecule has 0 rings (SSSR count). The van der Waals surface area contributed by atoms with Crippen molar-refractivity contribution >= 4 is 5.97 Å². The number of aliphatic hydroxyl groups excluding tert-OH is 1. The normalized spacial score (nSPS) is 11.9. The number of hydrogen-bond acceptors (Lipinski definition) is 5. The number of carbonyl (C=O) groups excluding carboxylic acids is 1. The van der Waals surface area contributed by atoms with Crippen LogP contribution in [0.2, 0.25) is 0 Å². The van der Waals surface area contributed by atoms with Crippen LogP contribution >= 0.6 is 0 Å². The minimum atomic E-state index is 0.0183. The van der Waals surface area contributed by atoms with Gasteiger partial charge in [0.15, 0.2) is 0 Å². The number of rotatable bonds is 41. The Morgan fingerprint density at radius 1 is 0.547 bits per heavy atom. The molecule has 1 N–H and O–H groups in total. The summed E-state index contributed by atoms with van der Waals surface area (Å²) in [6, 6.07) is 0. The third-order valence-electron chi connectivity index (χ3n) is 10.6. The van der Waals surface area contributed by atoms with Gasteiger partial charge in [0.1, 0.15) is 6.10 Å². The van der Waals surface area contributed by atoms with Gasteiger partial charge in [-0.25, -0.2) is 0 Å². The van der Waals surface area contributed by atoms with Gasteiger partial charge >= 0.3 is 5.97 Å². The lowest BCUT2D eigenvalue weighted by molar-refractivity contribution is -0.150. The van der Waals surface area contributed by atoms with Crippen molar-refractivity contribution in [3.63, 3.8) is 0 Å². The van der Waals surface area contributed by atoms with Crippen LogP contribution in [-0.2, 0) is 14.3 Å². The summed E-state index contributed by atoms with van der Waals surface area (Å²) in [6.45, 7) is 21.0. The van der Waals surface area contributed by atoms with Crippen LogP contribution < -0.4 is 0 Å². The van der Waals surface area contributed by atoms with Crippen molar-refractivity contribution in [2.45, 2.75) is 253 Å². The van der Waals surface area contributed by atoms with Crippen LogP contribution in [0.15, 0.2) is 12.3 Å². The molecule has 0 aliphatic rings. The maximum Gasteiger partial charge on any atom is 0.306 e. The number of unbranched alkanes of at least 4 members (excludes halogenated alkanes) is 21. The molecule has 318 valence electrons. The first kappa shape index (κ1) is 54.0. The van der Waals surface area contributed by atoms with Crippen molar-refractivity contribution in [3.05, 3.63) is 12.3 Å². The van der Waals surface area contributed by atoms with Gasteiger partial charge in [0, 0.05) is 13.0 Å². The maximum absolute atomic E-state index is 12.6. The zero-order valence-corrected chi connectivity index (χ0v) is 37.1. The average molecular weight is 752 g/mol. The van der Waals surface area contributed by atoms with E-state index in [2.05, 4.69) is 46.1 Å². The van der Waals surface area contributed by atoms with E-state index in [0.29, 0.717) is 6.42 Å². The summed E-state index contributed by atoms with van der Waals surface area (Å²) in [4.78, 5) is 15.0. The van der Waals surface area contributed by atoms with Crippen molar-refractivity contribution in [1.82, 2.24) is 4.90 Å². The number of nitrogens with zero attached hydrogens (tertiary/aromatic N) is 1. The summed E-state index contributed by atoms with van der Waals surface area (Å²) in [6.07, 6.45) is 40.0. The van der Waals surface area contributed by atoms with Gasteiger partial charge in [0.25, 0.3) is 0 Å². The lowest BCUT2D eigenvalue weighted by atomic mass is 9.98. The van der Waals surface area contributed by atoms with Gasteiger partial charge < -0.3 is 19.5 Å². The first-order valence-corrected chi connectivity index (χ1v) is 23.6. The summed E-state index contributed by atoms with van der Waals surface area (Å²) >= 11 is 0. The smallest absolute Gasteiger partial charge is 0.306 e. The molecule has 0 saturated heterocycles. The van der Waals surface area contributed by atoms with Gasteiger partial charge in [-0.2, -0.15) is 0 Å². The van der Waals surface area contributed by atoms with Gasteiger partial charge in [0.05, 0.1) is 19.0 Å². The zero-order chi connectivity index (χ0) is 39.5. The zero-order valence-electron chi connectivity index (χ0n) is 37.1. The first-order chi connectivity index (χ1) is 25.8. The standard InChI is InChI=1S/C35H69NO4.C13H28/c1-5-7-9-11-14-19-25-34(26-20-15-12-10-8-6-2)40-35(38)27-21-16-13-17-22-28-36(30-31-37)29-23-18-24-32-39-33(3)4;1-4-6-7-8-9-10-12-13(3)11-5-2/h34,37H,3,5-32H2,1-2,4H3;13H,4-12H2,1-3H3. The highest BCUT2D eigenvalue weighted by Gasteiger charge is 2.14. The molecule has 0 aromatic heterocycles. The molecular weight excluding hydrogens is 655 g/mol. The van der Waals surface area contributed by atoms with Crippen LogP contribution in [0.4, 0.5) is 0 Å². The number of esters is 1. The van der Waals surface area contributed by atoms with E-state index in [9.17, 15) is 9.90 Å². The maximum atomic E-state index is 12.6. The number of carbonyl (C=O) groups is 1. The molecule has 0 fully saturated rings. The fraction of sp³-hybridized carbons (Fsp3) is 0.938. The van der Waals surface area contributed by atoms with Gasteiger partial charge in [0.2, 0.25) is 0 Å². The van der Waals surface area contributed by atoms with E-state index in [4.69, 9.17) is 9.47 Å². The second kappa shape index (κ2) is 45.3. The van der Waals surface area contributed by atoms with Crippen molar-refractivity contribution < 1.29 is 19.4 Å². The summed E-state index contributed by atoms with van der Waals surface area (Å²) in [5.74, 6) is 1.77. The van der Waals surface area contributed by atoms with Crippen molar-refractivity contribution in [3.8, 4) is 0 Å². The van der Waals surface area contributed by atoms with Crippen molar-refractivity contribution in [2.24, 2.45) is 5.92 Å². The topological polar surface area (TPSA) is 59.0 Å². The summed E-state index contributed by atoms with van der Waals surface area (Å²) in [7, 11) is 0. The third-order valence-corrected chi connectivity index (χ3v) is 10.6. The van der Waals surface area contributed by atoms with E-state index in [1.807, 2.05) is 6.92 Å². The van der Waals surface area contributed by atoms with E-state index in [1.165, 1.54) is 141 Å². The molecule has 0 bridgehead atoms. The fourth-order valence-corrected chi connectivity index (χ4v) is 7.19. The molecule has 1 unspecified atom stereocenters. The summed E-state index contributed by atoms with van der Waals surface area (Å²) in [5.41, 5.74) is 0. The summed E-state index contributed by atoms with van der Waals surface area (Å²) < 4.78 is 11.4. The predicted octanol–water partition coefficient (Wildman–Crippen LogP) is 14.9. The number of ether oxygens (including phenoxy) is 2. The highest BCUT2D eigenvalue weighted by atomic mass is 16.5. The predicted molar refractivity (Wildman–Crippen MR) is 234 cm³/mol. The highest BCUT2D eigenvalue weighted by Crippen LogP contribution is 2.19. The van der Waals surface area contributed by atoms with Crippen LogP contribution in [-0.4, -0.2) is 54.9 Å². The molecule has 0 radical (unpaired) electrons. The molecule has 0 aliphatic carbocycles. The minimum Gasteiger partial charge on any atom is -0.499 e. The Balaban J connectivity index is 0. The first-order valence-electron chi connectivity index (χ1n) is 23.6. The largest absolute Gasteiger partial charge is 0.499 e. The monoisotopic (exact) mass is 752 g/mol. The lowest BCUT2D eigenvalue weighted by Crippen LogP contribution is -2.29. The van der Waals surface area contributed by atoms with E-state index < -0.39 is 0 Å². The van der Waals surface area contributed by atoms with Crippen molar-refractivity contribution in [2.75, 3.05) is 32.8 Å². The second-order valence-electron chi connectivity index (χ2n) is 16.4. The second-order valence-corrected chi connectivity index (χ2v) is 16.4. The van der Waals surface area contributed by atoms with Crippen LogP contribution in [0.25, 0.3) is 0 Å². The van der Waals surface area contributed by atoms with Gasteiger partial charge in [-0.3, -0.25) is 4.79 Å². The number of aliphatic hydroxyl groups is 1. The molecular formula is C48H97NO4. The molecule has 0 aromatic rings. The average Bonchev–Trinajstić information content (AvgIpc) is 3.13. The quantitative estimate of drug-likeness (QED) is 0.0383. The van der Waals surface area contributed by atoms with E-state index in [0.717, 1.165) is 95.7 Å². The van der Waals surface area contributed by atoms with Crippen LogP contribution in [0.3, 0.4) is 0 Å². The van der Waals surface area contributed by atoms with E-state index in [1.54, 1.807) is 0 Å². The lowest BCUT2D eigenvalue weighted by Gasteiger charge is -2.21. The van der Waals surface area contributed by atoms with E-state index in [-0.39, 0.29) is 18.7 Å². The Morgan fingerprint density at radius 2 is 0.981 bits per heavy atom. The summed E-state index contributed by atoms with van der Waals surface area (Å²) in [5, 5.41) is 9.39. The number of allylic oxidation sites excluding steroid dienone is 1. The molecule has 5 nitrogen and oxygen atoms in total. The van der Waals surface area contributed by atoms with Crippen LogP contribution in [0, 0.1) is 5.92 Å². The van der Waals surface area contributed by atoms with E-state index >= 15 is 0 Å². The van der Waals surface area contributed by atoms with Crippen molar-refractivity contribution in [1.29, 1.82) is 0 Å². The molecule has 1 atom stereocenters. The number of hydrogen-bond donors (Lipinski definition) is 1. The Morgan fingerprint density at radius 3 is 1.45 bits per heavy atom. The Kier molecular flexibility index (Phi) is 46.2. The Hall–Kier alpha value is -1.07. The molecule has 53 heavy (non-hydrogen) atoms. The molecule has 0 heterocycles. The van der Waals surface area contributed by atoms with Gasteiger partial charge in [-0.15, -0.1) is 0 Å². The molecule has 0 spiro atoms. The molecule has 0 aromatic carbocycles. The van der Waals surface area contributed by atoms with Crippen LogP contribution in [0.5, 0.6) is 0 Å². The third kappa shape index (κ3) is 45.2. The molecule has 0 amide bonds. The molecule has 5 heteroatoms. The Bertz CT molecular complexity index is 712. The fourth-order valence-electron chi connectivity index (χ4n) is 7.19. The van der Waals surface area contributed by atoms with Gasteiger partial charge in [-0.05, 0) is 83.7 Å².